The van der Waals surface area contributed by atoms with Crippen molar-refractivity contribution in [3.63, 3.8) is 0 Å². The maximum atomic E-state index is 12.0. The Kier molecular flexibility index (Phi) is 4.88. The van der Waals surface area contributed by atoms with Crippen molar-refractivity contribution >= 4 is 11.9 Å². The van der Waals surface area contributed by atoms with E-state index in [9.17, 15) is 4.79 Å². The second-order valence-electron chi connectivity index (χ2n) is 6.08. The quantitative estimate of drug-likeness (QED) is 0.777. The van der Waals surface area contributed by atoms with Crippen molar-refractivity contribution in [1.29, 1.82) is 0 Å². The first-order valence-corrected chi connectivity index (χ1v) is 8.23. The number of anilines is 1. The summed E-state index contributed by atoms with van der Waals surface area (Å²) < 4.78 is 1.92. The van der Waals surface area contributed by atoms with E-state index in [4.69, 9.17) is 0 Å². The molecule has 3 aromatic rings. The number of amides is 1. The molecule has 0 aliphatic heterocycles. The van der Waals surface area contributed by atoms with Crippen LogP contribution >= 0.6 is 0 Å². The third-order valence-electron chi connectivity index (χ3n) is 3.88. The molecule has 0 spiro atoms. The number of nitrogens with zero attached hydrogens (tertiary/aromatic N) is 4. The average molecular weight is 335 g/mol. The zero-order chi connectivity index (χ0) is 17.8. The minimum Gasteiger partial charge on any atom is -0.295 e. The van der Waals surface area contributed by atoms with E-state index in [1.165, 1.54) is 0 Å². The molecule has 6 nitrogen and oxygen atoms in total. The maximum absolute atomic E-state index is 12.0. The monoisotopic (exact) mass is 335 g/mol. The number of carbonyl (C=O) groups excluding carboxylic acids is 1. The number of aromatic nitrogens is 4. The van der Waals surface area contributed by atoms with Crippen molar-refractivity contribution in [2.75, 3.05) is 5.32 Å². The molecular formula is C19H21N5O. The topological polar surface area (TPSA) is 72.7 Å². The Morgan fingerprint density at radius 1 is 1.08 bits per heavy atom. The lowest BCUT2D eigenvalue weighted by Gasteiger charge is -2.07. The molecule has 25 heavy (non-hydrogen) atoms. The summed E-state index contributed by atoms with van der Waals surface area (Å²) in [6.45, 7) is 5.88. The fourth-order valence-electron chi connectivity index (χ4n) is 2.65. The molecule has 0 radical (unpaired) electrons. The molecular weight excluding hydrogens is 314 g/mol. The summed E-state index contributed by atoms with van der Waals surface area (Å²) in [6, 6.07) is 11.9. The van der Waals surface area contributed by atoms with E-state index < -0.39 is 0 Å². The molecule has 3 rings (SSSR count). The van der Waals surface area contributed by atoms with E-state index in [1.54, 1.807) is 12.3 Å². The van der Waals surface area contributed by atoms with E-state index in [0.29, 0.717) is 18.8 Å². The predicted octanol–water partition coefficient (Wildman–Crippen LogP) is 3.16. The van der Waals surface area contributed by atoms with Gasteiger partial charge in [0.05, 0.1) is 11.4 Å². The van der Waals surface area contributed by atoms with Crippen molar-refractivity contribution in [2.45, 2.75) is 33.6 Å². The fourth-order valence-corrected chi connectivity index (χ4v) is 2.65. The molecule has 0 aliphatic carbocycles. The van der Waals surface area contributed by atoms with E-state index in [-0.39, 0.29) is 5.91 Å². The average Bonchev–Trinajstić information content (AvgIpc) is 2.92. The van der Waals surface area contributed by atoms with Crippen LogP contribution in [0.2, 0.25) is 0 Å². The Bertz CT molecular complexity index is 883. The molecule has 1 aromatic carbocycles. The number of aryl methyl sites for hydroxylation is 4. The molecule has 2 heterocycles. The van der Waals surface area contributed by atoms with Gasteiger partial charge in [0.15, 0.2) is 0 Å². The standard InChI is InChI=1S/C19H21N5O/c1-13-10-11-20-19(21-13)22-18(25)9-6-16-4-7-17(8-5-16)24-15(3)12-14(2)23-24/h4-5,7-8,10-12H,6,9H2,1-3H3,(H,20,21,22,25). The summed E-state index contributed by atoms with van der Waals surface area (Å²) in [5.41, 5.74) is 5.04. The van der Waals surface area contributed by atoms with Gasteiger partial charge in [0.1, 0.15) is 0 Å². The van der Waals surface area contributed by atoms with Crippen LogP contribution in [0.15, 0.2) is 42.6 Å². The number of hydrogen-bond acceptors (Lipinski definition) is 4. The van der Waals surface area contributed by atoms with Crippen LogP contribution in [0.1, 0.15) is 29.1 Å². The third kappa shape index (κ3) is 4.29. The largest absolute Gasteiger partial charge is 0.295 e. The Balaban J connectivity index is 1.58. The highest BCUT2D eigenvalue weighted by Gasteiger charge is 2.07. The smallest absolute Gasteiger partial charge is 0.229 e. The molecule has 0 aliphatic rings. The molecule has 0 saturated heterocycles. The van der Waals surface area contributed by atoms with Crippen molar-refractivity contribution in [3.8, 4) is 5.69 Å². The van der Waals surface area contributed by atoms with Gasteiger partial charge in [0, 0.05) is 24.0 Å². The molecule has 128 valence electrons. The minimum atomic E-state index is -0.0896. The summed E-state index contributed by atoms with van der Waals surface area (Å²) in [6.07, 6.45) is 2.68. The molecule has 2 aromatic heterocycles. The van der Waals surface area contributed by atoms with Crippen LogP contribution in [0, 0.1) is 20.8 Å². The second-order valence-corrected chi connectivity index (χ2v) is 6.08. The van der Waals surface area contributed by atoms with Gasteiger partial charge in [-0.2, -0.15) is 5.10 Å². The minimum absolute atomic E-state index is 0.0896. The Morgan fingerprint density at radius 3 is 2.48 bits per heavy atom. The number of hydrogen-bond donors (Lipinski definition) is 1. The summed E-state index contributed by atoms with van der Waals surface area (Å²) in [7, 11) is 0. The highest BCUT2D eigenvalue weighted by Crippen LogP contribution is 2.14. The third-order valence-corrected chi connectivity index (χ3v) is 3.88. The second kappa shape index (κ2) is 7.25. The molecule has 0 saturated carbocycles. The van der Waals surface area contributed by atoms with Gasteiger partial charge in [0.2, 0.25) is 11.9 Å². The lowest BCUT2D eigenvalue weighted by atomic mass is 10.1. The molecule has 1 amide bonds. The van der Waals surface area contributed by atoms with Crippen LogP contribution in [0.3, 0.4) is 0 Å². The van der Waals surface area contributed by atoms with Gasteiger partial charge >= 0.3 is 0 Å². The fraction of sp³-hybridized carbons (Fsp3) is 0.263. The van der Waals surface area contributed by atoms with Crippen LogP contribution in [0.4, 0.5) is 5.95 Å². The van der Waals surface area contributed by atoms with Crippen LogP contribution in [-0.4, -0.2) is 25.7 Å². The van der Waals surface area contributed by atoms with Crippen LogP contribution < -0.4 is 5.32 Å². The normalized spacial score (nSPS) is 10.7. The molecule has 0 bridgehead atoms. The van der Waals surface area contributed by atoms with Gasteiger partial charge < -0.3 is 0 Å². The first-order chi connectivity index (χ1) is 12.0. The van der Waals surface area contributed by atoms with Gasteiger partial charge in [-0.3, -0.25) is 10.1 Å². The highest BCUT2D eigenvalue weighted by molar-refractivity contribution is 5.89. The number of rotatable bonds is 5. The molecule has 0 atom stereocenters. The van der Waals surface area contributed by atoms with Crippen molar-refractivity contribution in [2.24, 2.45) is 0 Å². The Morgan fingerprint density at radius 2 is 1.84 bits per heavy atom. The van der Waals surface area contributed by atoms with E-state index >= 15 is 0 Å². The van der Waals surface area contributed by atoms with Gasteiger partial charge in [-0.05, 0) is 57.0 Å². The Hall–Kier alpha value is -3.02. The summed E-state index contributed by atoms with van der Waals surface area (Å²) >= 11 is 0. The first-order valence-electron chi connectivity index (χ1n) is 8.23. The maximum Gasteiger partial charge on any atom is 0.229 e. The van der Waals surface area contributed by atoms with Gasteiger partial charge in [-0.1, -0.05) is 12.1 Å². The van der Waals surface area contributed by atoms with Crippen LogP contribution in [0.5, 0.6) is 0 Å². The van der Waals surface area contributed by atoms with E-state index in [1.807, 2.05) is 55.8 Å². The first kappa shape index (κ1) is 16.8. The lowest BCUT2D eigenvalue weighted by molar-refractivity contribution is -0.116. The van der Waals surface area contributed by atoms with Gasteiger partial charge in [-0.15, -0.1) is 0 Å². The zero-order valence-corrected chi connectivity index (χ0v) is 14.7. The molecule has 1 N–H and O–H groups in total. The van der Waals surface area contributed by atoms with Crippen molar-refractivity contribution in [3.05, 3.63) is 65.2 Å². The van der Waals surface area contributed by atoms with Gasteiger partial charge in [0.25, 0.3) is 0 Å². The van der Waals surface area contributed by atoms with Crippen molar-refractivity contribution < 1.29 is 4.79 Å². The summed E-state index contributed by atoms with van der Waals surface area (Å²) in [4.78, 5) is 20.2. The molecule has 0 fully saturated rings. The highest BCUT2D eigenvalue weighted by atomic mass is 16.1. The SMILES string of the molecule is Cc1ccnc(NC(=O)CCc2ccc(-n3nc(C)cc3C)cc2)n1. The van der Waals surface area contributed by atoms with E-state index in [0.717, 1.165) is 28.3 Å². The number of nitrogens with one attached hydrogen (secondary N) is 1. The molecule has 0 unspecified atom stereocenters. The summed E-state index contributed by atoms with van der Waals surface area (Å²) in [5.74, 6) is 0.262. The Labute approximate surface area is 146 Å². The molecule has 6 heteroatoms. The van der Waals surface area contributed by atoms with Crippen molar-refractivity contribution in [1.82, 2.24) is 19.7 Å². The zero-order valence-electron chi connectivity index (χ0n) is 14.7. The predicted molar refractivity (Wildman–Crippen MR) is 96.8 cm³/mol. The summed E-state index contributed by atoms with van der Waals surface area (Å²) in [5, 5.41) is 7.20. The number of carbonyl (C=O) groups is 1. The van der Waals surface area contributed by atoms with E-state index in [2.05, 4.69) is 20.4 Å². The van der Waals surface area contributed by atoms with Crippen LogP contribution in [0.25, 0.3) is 5.69 Å². The number of benzene rings is 1. The van der Waals surface area contributed by atoms with Gasteiger partial charge in [-0.25, -0.2) is 14.6 Å². The van der Waals surface area contributed by atoms with Crippen LogP contribution in [-0.2, 0) is 11.2 Å². The lowest BCUT2D eigenvalue weighted by Crippen LogP contribution is -2.14.